The molecular weight excluding hydrogens is 1510 g/mol. The first kappa shape index (κ1) is 95.1. The molecule has 640 valence electrons. The first-order chi connectivity index (χ1) is 55.3. The van der Waals surface area contributed by atoms with Crippen LogP contribution in [0.4, 0.5) is 0 Å². The molecule has 0 bridgehead atoms. The van der Waals surface area contributed by atoms with E-state index in [2.05, 4.69) is 32.7 Å². The summed E-state index contributed by atoms with van der Waals surface area (Å²) >= 11 is 0. The fourth-order valence-electron chi connectivity index (χ4n) is 14.3. The molecule has 0 aliphatic carbocycles. The first-order valence-corrected chi connectivity index (χ1v) is 39.3. The van der Waals surface area contributed by atoms with Crippen LogP contribution in [-0.2, 0) is 134 Å². The Morgan fingerprint density at radius 3 is 1.28 bits per heavy atom. The zero-order valence-electron chi connectivity index (χ0n) is 68.5. The van der Waals surface area contributed by atoms with E-state index in [1.54, 1.807) is 25.7 Å². The number of unbranched alkanes of at least 4 members (excludes halogenated alkanes) is 2. The van der Waals surface area contributed by atoms with Gasteiger partial charge in [0.15, 0.2) is 30.8 Å². The van der Waals surface area contributed by atoms with Crippen molar-refractivity contribution >= 4 is 77.2 Å². The van der Waals surface area contributed by atoms with Gasteiger partial charge in [0.1, 0.15) is 63.1 Å². The Labute approximate surface area is 677 Å². The lowest BCUT2D eigenvalue weighted by atomic mass is 9.75. The van der Waals surface area contributed by atoms with Crippen LogP contribution in [0, 0.1) is 17.8 Å². The quantitative estimate of drug-likeness (QED) is 0.0234. The largest absolute Gasteiger partial charge is 0.465 e. The number of ether oxygens (including phenoxy) is 14. The van der Waals surface area contributed by atoms with Gasteiger partial charge in [0.25, 0.3) is 0 Å². The smallest absolute Gasteiger partial charge is 0.306 e. The topological polar surface area (TPSA) is 406 Å². The monoisotopic (exact) mass is 1630 g/mol. The van der Waals surface area contributed by atoms with E-state index in [9.17, 15) is 57.5 Å². The molecule has 3 aromatic carbocycles. The maximum absolute atomic E-state index is 15.0. The van der Waals surface area contributed by atoms with E-state index in [0.29, 0.717) is 31.4 Å². The third-order valence-corrected chi connectivity index (χ3v) is 19.7. The minimum atomic E-state index is -1.19. The summed E-state index contributed by atoms with van der Waals surface area (Å²) < 4.78 is 80.1. The standard InChI is InChI=1S/C83H116N6O27/c1-51(37-46-103-73(102)36-35-67(99)47-109-80-54(4)78(112-62(12)97)79(113-63(13)98)70(114-80)50-108-59(9)94)84-38-40-88(72(101)34-24-26-45-105-82-75(87-56(6)91)53(3)77(111-61(11)96)69(116-82)49-107-58(8)93)42-43-89(83(64-27-17-14-18-28-64,65-29-19-15-20-30-65)66-31-21-16-22-32-66)41-39-85-71(100)33-23-25-44-104-81-74(86-55(5)90)52(2)76(110-60(10)95)68(115-81)48-106-57(7)92/h14-22,27-32,52-54,68-70,74-82,84H,1,23-26,33-50H2,2-13H3,(H,85,100)(H,86,90)(H,87,91)/t52-,53+,54?,68?,69?,70?,74?,75?,76-,77+,78-,79+,80-,81-,82+/m1/s1. The molecule has 33 nitrogen and oxygen atoms in total. The molecule has 0 spiro atoms. The molecule has 3 aliphatic rings. The normalized spacial score (nSPS) is 23.0. The number of ketones is 1. The summed E-state index contributed by atoms with van der Waals surface area (Å²) in [5.74, 6) is -8.65. The van der Waals surface area contributed by atoms with Crippen molar-refractivity contribution < 1.29 is 129 Å². The second-order valence-electron chi connectivity index (χ2n) is 28.9. The SMILES string of the molecule is C=C(CCOC(=O)CCC(=O)CO[C@@H]1OC(COC(C)=O)[C@H](OC(C)=O)[C@H](OC(C)=O)C1C)NCCN(CCN(CCNC(=O)CCCCO[C@@H]1OC(COC(C)=O)[C@H](OC(C)=O)[C@H](C)C1NC(C)=O)C(c1ccccc1)(c1ccccc1)c1ccccc1)C(=O)CCCCO[C@H]1OC(COC(C)=O)[C@@H](OC(C)=O)[C@@H](C)C1NC(C)=O. The van der Waals surface area contributed by atoms with Gasteiger partial charge in [-0.3, -0.25) is 67.2 Å². The number of benzene rings is 3. The summed E-state index contributed by atoms with van der Waals surface area (Å²) in [5, 5.41) is 12.1. The molecule has 3 fully saturated rings. The molecule has 0 aromatic heterocycles. The number of Topliss-reactive ketones (excluding diaryl/α,β-unsaturated/α-hetero) is 1. The number of amides is 4. The number of esters is 8. The average Bonchev–Trinajstić information content (AvgIpc) is 0.739. The minimum absolute atomic E-state index is 0.0495. The summed E-state index contributed by atoms with van der Waals surface area (Å²) in [6, 6.07) is 28.3. The van der Waals surface area contributed by atoms with Gasteiger partial charge in [0.05, 0.1) is 30.7 Å². The molecule has 15 atom stereocenters. The molecule has 116 heavy (non-hydrogen) atoms. The summed E-state index contributed by atoms with van der Waals surface area (Å²) in [7, 11) is 0. The van der Waals surface area contributed by atoms with E-state index in [-0.39, 0.29) is 129 Å². The number of nitrogens with zero attached hydrogens (tertiary/aromatic N) is 2. The van der Waals surface area contributed by atoms with E-state index in [1.807, 2.05) is 91.0 Å². The lowest BCUT2D eigenvalue weighted by Gasteiger charge is -2.46. The Bertz CT molecular complexity index is 3620. The van der Waals surface area contributed by atoms with Crippen molar-refractivity contribution in [2.24, 2.45) is 17.8 Å². The van der Waals surface area contributed by atoms with Gasteiger partial charge in [0, 0.05) is 164 Å². The molecule has 6 rings (SSSR count). The molecule has 0 radical (unpaired) electrons. The van der Waals surface area contributed by atoms with Crippen LogP contribution in [0.1, 0.15) is 158 Å². The number of carbonyl (C=O) groups is 13. The summed E-state index contributed by atoms with van der Waals surface area (Å²) in [5.41, 5.74) is 2.14. The van der Waals surface area contributed by atoms with Gasteiger partial charge in [-0.1, -0.05) is 118 Å². The van der Waals surface area contributed by atoms with Crippen molar-refractivity contribution in [3.63, 3.8) is 0 Å². The van der Waals surface area contributed by atoms with Crippen LogP contribution in [0.25, 0.3) is 0 Å². The fourth-order valence-corrected chi connectivity index (χ4v) is 14.3. The van der Waals surface area contributed by atoms with E-state index < -0.39 is 163 Å². The van der Waals surface area contributed by atoms with Crippen LogP contribution >= 0.6 is 0 Å². The Morgan fingerprint density at radius 2 is 0.836 bits per heavy atom. The number of hydrogen-bond donors (Lipinski definition) is 4. The van der Waals surface area contributed by atoms with Gasteiger partial charge < -0.3 is 92.5 Å². The van der Waals surface area contributed by atoms with E-state index >= 15 is 4.79 Å². The second kappa shape index (κ2) is 48.7. The number of rotatable bonds is 47. The maximum Gasteiger partial charge on any atom is 0.306 e. The Morgan fingerprint density at radius 1 is 0.414 bits per heavy atom. The van der Waals surface area contributed by atoms with Crippen LogP contribution in [0.2, 0.25) is 0 Å². The Hall–Kier alpha value is -9.77. The van der Waals surface area contributed by atoms with Crippen molar-refractivity contribution in [2.45, 2.75) is 220 Å². The lowest BCUT2D eigenvalue weighted by Crippen LogP contribution is -2.62. The van der Waals surface area contributed by atoms with Gasteiger partial charge in [-0.05, 0) is 42.4 Å². The molecule has 4 N–H and O–H groups in total. The molecular formula is C83H116N6O27. The van der Waals surface area contributed by atoms with Crippen molar-refractivity contribution in [3.8, 4) is 0 Å². The van der Waals surface area contributed by atoms with E-state index in [4.69, 9.17) is 66.3 Å². The molecule has 3 aromatic rings. The Balaban J connectivity index is 1.17. The number of hydrogen-bond acceptors (Lipinski definition) is 29. The van der Waals surface area contributed by atoms with E-state index in [0.717, 1.165) is 23.6 Å². The molecule has 3 saturated heterocycles. The van der Waals surface area contributed by atoms with Crippen LogP contribution in [0.3, 0.4) is 0 Å². The van der Waals surface area contributed by atoms with Gasteiger partial charge in [-0.25, -0.2) is 0 Å². The highest BCUT2D eigenvalue weighted by atomic mass is 16.7. The summed E-state index contributed by atoms with van der Waals surface area (Å²) in [4.78, 5) is 168. The van der Waals surface area contributed by atoms with Crippen molar-refractivity contribution in [1.29, 1.82) is 0 Å². The number of nitrogens with one attached hydrogen (secondary N) is 4. The van der Waals surface area contributed by atoms with Crippen LogP contribution < -0.4 is 21.3 Å². The van der Waals surface area contributed by atoms with E-state index in [1.165, 1.54) is 55.4 Å². The third kappa shape index (κ3) is 30.7. The van der Waals surface area contributed by atoms with Crippen LogP contribution in [-0.4, -0.2) is 246 Å². The van der Waals surface area contributed by atoms with Gasteiger partial charge in [-0.2, -0.15) is 0 Å². The molecule has 0 saturated carbocycles. The molecule has 33 heteroatoms. The zero-order chi connectivity index (χ0) is 85.0. The first-order valence-electron chi connectivity index (χ1n) is 39.3. The summed E-state index contributed by atoms with van der Waals surface area (Å²) in [6.45, 7) is 20.2. The lowest BCUT2D eigenvalue weighted by molar-refractivity contribution is -0.287. The van der Waals surface area contributed by atoms with Crippen molar-refractivity contribution in [1.82, 2.24) is 31.1 Å². The predicted molar refractivity (Wildman–Crippen MR) is 414 cm³/mol. The average molecular weight is 1630 g/mol. The highest BCUT2D eigenvalue weighted by Gasteiger charge is 2.51. The maximum atomic E-state index is 15.0. The van der Waals surface area contributed by atoms with Crippen molar-refractivity contribution in [2.75, 3.05) is 85.5 Å². The van der Waals surface area contributed by atoms with Crippen LogP contribution in [0.5, 0.6) is 0 Å². The highest BCUT2D eigenvalue weighted by molar-refractivity contribution is 5.84. The van der Waals surface area contributed by atoms with Gasteiger partial charge >= 0.3 is 47.8 Å². The third-order valence-electron chi connectivity index (χ3n) is 19.7. The molecule has 6 unspecified atom stereocenters. The van der Waals surface area contributed by atoms with Crippen LogP contribution in [0.15, 0.2) is 103 Å². The molecule has 3 heterocycles. The van der Waals surface area contributed by atoms with Gasteiger partial charge in [-0.15, -0.1) is 0 Å². The minimum Gasteiger partial charge on any atom is -0.465 e. The van der Waals surface area contributed by atoms with Gasteiger partial charge in [0.2, 0.25) is 23.6 Å². The highest BCUT2D eigenvalue weighted by Crippen LogP contribution is 2.43. The summed E-state index contributed by atoms with van der Waals surface area (Å²) in [6.07, 6.45) is -9.11. The fraction of sp³-hybridized carbons (Fsp3) is 0.602. The number of carbonyl (C=O) groups excluding carboxylic acids is 13. The van der Waals surface area contributed by atoms with Crippen molar-refractivity contribution in [3.05, 3.63) is 120 Å². The molecule has 3 aliphatic heterocycles. The molecule has 4 amide bonds. The predicted octanol–water partition coefficient (Wildman–Crippen LogP) is 5.51. The zero-order valence-corrected chi connectivity index (χ0v) is 68.5. The Kier molecular flexibility index (Phi) is 39.9. The second-order valence-corrected chi connectivity index (χ2v) is 28.9.